The molecule has 0 radical (unpaired) electrons. The number of nitrogens with one attached hydrogen (secondary N) is 2. The minimum absolute atomic E-state index is 0.0965. The molecular formula is C21H24ClFN6O2. The normalized spacial score (nSPS) is 16.0. The van der Waals surface area contributed by atoms with Crippen LogP contribution in [0.4, 0.5) is 4.39 Å². The molecule has 1 fully saturated rings. The third kappa shape index (κ3) is 5.05. The molecule has 31 heavy (non-hydrogen) atoms. The fourth-order valence-electron chi connectivity index (χ4n) is 3.34. The number of hydrogen-bond donors (Lipinski definition) is 3. The van der Waals surface area contributed by atoms with Crippen LogP contribution in [0.2, 0.25) is 5.02 Å². The molecule has 1 amide bonds. The lowest BCUT2D eigenvalue weighted by molar-refractivity contribution is 0.0790. The highest BCUT2D eigenvalue weighted by molar-refractivity contribution is 6.31. The Balaban J connectivity index is 1.79. The highest BCUT2D eigenvalue weighted by Gasteiger charge is 2.35. The first kappa shape index (κ1) is 22.8. The number of rotatable bonds is 7. The summed E-state index contributed by atoms with van der Waals surface area (Å²) in [5, 5.41) is 16.4. The van der Waals surface area contributed by atoms with Gasteiger partial charge in [-0.05, 0) is 26.0 Å². The van der Waals surface area contributed by atoms with Crippen molar-refractivity contribution in [3.05, 3.63) is 51.8 Å². The number of halogens is 2. The Kier molecular flexibility index (Phi) is 6.97. The molecule has 2 heterocycles. The number of likely N-dealkylation sites (tertiary alicyclic amines) is 1. The average Bonchev–Trinajstić information content (AvgIpc) is 3.12. The summed E-state index contributed by atoms with van der Waals surface area (Å²) < 4.78 is 19.3. The van der Waals surface area contributed by atoms with E-state index in [9.17, 15) is 9.18 Å². The SMILES string of the molecule is Cc1nc(C2CN(C(=O)c3ccc(F)cc3OCCC(=N)CN)CC2=N)nc(C)c1Cl. The molecule has 1 saturated heterocycles. The average molecular weight is 447 g/mol. The van der Waals surface area contributed by atoms with E-state index in [1.54, 1.807) is 13.8 Å². The van der Waals surface area contributed by atoms with Crippen LogP contribution in [-0.4, -0.2) is 58.4 Å². The summed E-state index contributed by atoms with van der Waals surface area (Å²) in [5.41, 5.74) is 7.45. The maximum atomic E-state index is 13.8. The Morgan fingerprint density at radius 3 is 2.68 bits per heavy atom. The van der Waals surface area contributed by atoms with Crippen molar-refractivity contribution in [1.29, 1.82) is 10.8 Å². The zero-order valence-corrected chi connectivity index (χ0v) is 18.1. The van der Waals surface area contributed by atoms with Crippen LogP contribution in [0.5, 0.6) is 5.75 Å². The molecule has 0 bridgehead atoms. The Morgan fingerprint density at radius 2 is 2.03 bits per heavy atom. The van der Waals surface area contributed by atoms with E-state index in [1.165, 1.54) is 17.0 Å². The van der Waals surface area contributed by atoms with Gasteiger partial charge in [0.15, 0.2) is 0 Å². The number of hydrogen-bond acceptors (Lipinski definition) is 7. The van der Waals surface area contributed by atoms with E-state index in [4.69, 9.17) is 32.9 Å². The molecule has 8 nitrogen and oxygen atoms in total. The van der Waals surface area contributed by atoms with Crippen LogP contribution in [0.25, 0.3) is 0 Å². The van der Waals surface area contributed by atoms with E-state index in [2.05, 4.69) is 9.97 Å². The van der Waals surface area contributed by atoms with Crippen LogP contribution in [0.15, 0.2) is 18.2 Å². The van der Waals surface area contributed by atoms with Gasteiger partial charge in [0, 0.05) is 37.0 Å². The highest BCUT2D eigenvalue weighted by Crippen LogP contribution is 2.29. The van der Waals surface area contributed by atoms with Crippen LogP contribution in [0.3, 0.4) is 0 Å². The topological polar surface area (TPSA) is 129 Å². The minimum Gasteiger partial charge on any atom is -0.492 e. The quantitative estimate of drug-likeness (QED) is 0.563. The summed E-state index contributed by atoms with van der Waals surface area (Å²) in [4.78, 5) is 23.4. The predicted molar refractivity (Wildman–Crippen MR) is 116 cm³/mol. The molecule has 10 heteroatoms. The fourth-order valence-corrected chi connectivity index (χ4v) is 3.42. The van der Waals surface area contributed by atoms with Crippen molar-refractivity contribution in [3.8, 4) is 5.75 Å². The summed E-state index contributed by atoms with van der Waals surface area (Å²) in [6.45, 7) is 4.11. The standard InChI is InChI=1S/C21H24ClFN6O2/c1-11-19(22)12(2)28-20(27-11)16-9-29(10-17(16)26)21(30)15-4-3-13(23)7-18(15)31-6-5-14(25)8-24/h3-4,7,16,25-26H,5-6,8-10,24H2,1-2H3. The molecule has 164 valence electrons. The number of carbonyl (C=O) groups is 1. The number of ether oxygens (including phenoxy) is 1. The van der Waals surface area contributed by atoms with Gasteiger partial charge < -0.3 is 26.2 Å². The number of nitrogens with two attached hydrogens (primary N) is 1. The second-order valence-corrected chi connectivity index (χ2v) is 7.75. The molecule has 1 aromatic carbocycles. The van der Waals surface area contributed by atoms with Gasteiger partial charge in [-0.2, -0.15) is 0 Å². The molecule has 1 unspecified atom stereocenters. The molecular weight excluding hydrogens is 423 g/mol. The van der Waals surface area contributed by atoms with Crippen molar-refractivity contribution in [2.75, 3.05) is 26.2 Å². The summed E-state index contributed by atoms with van der Waals surface area (Å²) >= 11 is 6.14. The summed E-state index contributed by atoms with van der Waals surface area (Å²) in [5.74, 6) is -0.796. The molecule has 0 aliphatic carbocycles. The fraction of sp³-hybridized carbons (Fsp3) is 0.381. The first-order chi connectivity index (χ1) is 14.7. The van der Waals surface area contributed by atoms with E-state index in [0.717, 1.165) is 6.07 Å². The van der Waals surface area contributed by atoms with Gasteiger partial charge in [0.2, 0.25) is 0 Å². The summed E-state index contributed by atoms with van der Waals surface area (Å²) in [7, 11) is 0. The second kappa shape index (κ2) is 9.49. The predicted octanol–water partition coefficient (Wildman–Crippen LogP) is 2.89. The molecule has 1 aliphatic rings. The van der Waals surface area contributed by atoms with Crippen molar-refractivity contribution in [2.24, 2.45) is 5.73 Å². The molecule has 4 N–H and O–H groups in total. The summed E-state index contributed by atoms with van der Waals surface area (Å²) in [6.07, 6.45) is 0.281. The largest absolute Gasteiger partial charge is 0.492 e. The molecule has 0 spiro atoms. The van der Waals surface area contributed by atoms with Gasteiger partial charge >= 0.3 is 0 Å². The lowest BCUT2D eigenvalue weighted by Crippen LogP contribution is -2.29. The smallest absolute Gasteiger partial charge is 0.257 e. The number of amides is 1. The van der Waals surface area contributed by atoms with Crippen LogP contribution in [-0.2, 0) is 0 Å². The van der Waals surface area contributed by atoms with Gasteiger partial charge in [-0.15, -0.1) is 0 Å². The van der Waals surface area contributed by atoms with Crippen molar-refractivity contribution >= 4 is 28.9 Å². The number of benzene rings is 1. The van der Waals surface area contributed by atoms with Gasteiger partial charge in [-0.25, -0.2) is 14.4 Å². The maximum Gasteiger partial charge on any atom is 0.257 e. The van der Waals surface area contributed by atoms with Crippen LogP contribution < -0.4 is 10.5 Å². The molecule has 1 atom stereocenters. The number of aromatic nitrogens is 2. The first-order valence-electron chi connectivity index (χ1n) is 9.77. The van der Waals surface area contributed by atoms with E-state index < -0.39 is 11.7 Å². The van der Waals surface area contributed by atoms with Gasteiger partial charge in [0.05, 0.1) is 41.0 Å². The van der Waals surface area contributed by atoms with Gasteiger partial charge in [0.1, 0.15) is 17.4 Å². The maximum absolute atomic E-state index is 13.8. The second-order valence-electron chi connectivity index (χ2n) is 7.38. The lowest BCUT2D eigenvalue weighted by atomic mass is 10.1. The van der Waals surface area contributed by atoms with Crippen molar-refractivity contribution in [2.45, 2.75) is 26.2 Å². The number of carbonyl (C=O) groups excluding carboxylic acids is 1. The zero-order chi connectivity index (χ0) is 22.7. The molecule has 1 aliphatic heterocycles. The Morgan fingerprint density at radius 1 is 1.35 bits per heavy atom. The van der Waals surface area contributed by atoms with E-state index in [0.29, 0.717) is 33.7 Å². The van der Waals surface area contributed by atoms with Gasteiger partial charge in [-0.1, -0.05) is 11.6 Å². The van der Waals surface area contributed by atoms with Crippen molar-refractivity contribution in [3.63, 3.8) is 0 Å². The van der Waals surface area contributed by atoms with E-state index in [-0.39, 0.29) is 49.9 Å². The Labute approximate surface area is 184 Å². The van der Waals surface area contributed by atoms with E-state index >= 15 is 0 Å². The first-order valence-corrected chi connectivity index (χ1v) is 10.1. The summed E-state index contributed by atoms with van der Waals surface area (Å²) in [6, 6.07) is 3.70. The van der Waals surface area contributed by atoms with Gasteiger partial charge in [0.25, 0.3) is 5.91 Å². The number of aryl methyl sites for hydroxylation is 2. The molecule has 2 aromatic rings. The molecule has 0 saturated carbocycles. The van der Waals surface area contributed by atoms with Crippen LogP contribution in [0.1, 0.15) is 39.9 Å². The van der Waals surface area contributed by atoms with Crippen molar-refractivity contribution in [1.82, 2.24) is 14.9 Å². The zero-order valence-electron chi connectivity index (χ0n) is 17.3. The third-order valence-corrected chi connectivity index (χ3v) is 5.61. The van der Waals surface area contributed by atoms with Crippen LogP contribution in [0, 0.1) is 30.5 Å². The van der Waals surface area contributed by atoms with Crippen LogP contribution >= 0.6 is 11.6 Å². The Bertz CT molecular complexity index is 1020. The lowest BCUT2D eigenvalue weighted by Gasteiger charge is -2.18. The third-order valence-electron chi connectivity index (χ3n) is 5.07. The minimum atomic E-state index is -0.534. The number of nitrogens with zero attached hydrogens (tertiary/aromatic N) is 3. The molecule has 3 rings (SSSR count). The monoisotopic (exact) mass is 446 g/mol. The highest BCUT2D eigenvalue weighted by atomic mass is 35.5. The molecule has 1 aromatic heterocycles. The Hall–Kier alpha value is -2.91. The van der Waals surface area contributed by atoms with Gasteiger partial charge in [-0.3, -0.25) is 4.79 Å². The van der Waals surface area contributed by atoms with E-state index in [1.807, 2.05) is 0 Å². The van der Waals surface area contributed by atoms with Crippen molar-refractivity contribution < 1.29 is 13.9 Å².